The van der Waals surface area contributed by atoms with Crippen molar-refractivity contribution in [1.29, 1.82) is 0 Å². The van der Waals surface area contributed by atoms with Gasteiger partial charge in [-0.1, -0.05) is 33.6 Å². The van der Waals surface area contributed by atoms with Gasteiger partial charge in [0, 0.05) is 13.0 Å². The molecular weight excluding hydrogens is 240 g/mol. The molecular formula is C15H30O2Si. The van der Waals surface area contributed by atoms with Crippen molar-refractivity contribution in [1.82, 2.24) is 0 Å². The van der Waals surface area contributed by atoms with E-state index in [1.807, 2.05) is 0 Å². The fourth-order valence-corrected chi connectivity index (χ4v) is 3.53. The van der Waals surface area contributed by atoms with E-state index in [0.717, 1.165) is 19.3 Å². The van der Waals surface area contributed by atoms with Crippen molar-refractivity contribution in [3.63, 3.8) is 0 Å². The van der Waals surface area contributed by atoms with Crippen molar-refractivity contribution in [2.45, 2.75) is 71.0 Å². The van der Waals surface area contributed by atoms with Crippen LogP contribution in [0.2, 0.25) is 18.1 Å². The maximum absolute atomic E-state index is 10.6. The molecule has 1 rings (SSSR count). The van der Waals surface area contributed by atoms with Crippen molar-refractivity contribution in [2.24, 2.45) is 11.8 Å². The monoisotopic (exact) mass is 270 g/mol. The lowest BCUT2D eigenvalue weighted by Gasteiger charge is -2.38. The van der Waals surface area contributed by atoms with Crippen LogP contribution in [0.4, 0.5) is 0 Å². The van der Waals surface area contributed by atoms with Crippen molar-refractivity contribution in [3.8, 4) is 0 Å². The molecule has 2 unspecified atom stereocenters. The number of aldehydes is 1. The highest BCUT2D eigenvalue weighted by atomic mass is 28.4. The molecule has 1 aliphatic rings. The number of hydrogen-bond donors (Lipinski definition) is 0. The largest absolute Gasteiger partial charge is 0.417 e. The van der Waals surface area contributed by atoms with Crippen LogP contribution in [0.5, 0.6) is 0 Å². The molecule has 0 heterocycles. The van der Waals surface area contributed by atoms with E-state index < -0.39 is 8.32 Å². The van der Waals surface area contributed by atoms with Gasteiger partial charge in [-0.15, -0.1) is 0 Å². The predicted molar refractivity (Wildman–Crippen MR) is 79.3 cm³/mol. The quantitative estimate of drug-likeness (QED) is 0.546. The van der Waals surface area contributed by atoms with Crippen LogP contribution in [0.25, 0.3) is 0 Å². The molecule has 0 aromatic carbocycles. The summed E-state index contributed by atoms with van der Waals surface area (Å²) in [4.78, 5) is 10.6. The summed E-state index contributed by atoms with van der Waals surface area (Å²) in [5.74, 6) is 1.29. The Morgan fingerprint density at radius 1 is 1.22 bits per heavy atom. The standard InChI is InChI=1S/C15H30O2Si/c1-15(2,3)18(4,5)17-12-14-8-6-7-13(11-14)9-10-16/h10,13-14H,6-9,11-12H2,1-5H3. The molecule has 0 aliphatic heterocycles. The molecule has 0 bridgehead atoms. The minimum absolute atomic E-state index is 0.296. The predicted octanol–water partition coefficient (Wildman–Crippen LogP) is 4.40. The van der Waals surface area contributed by atoms with E-state index in [1.165, 1.54) is 25.7 Å². The Labute approximate surface area is 114 Å². The van der Waals surface area contributed by atoms with Crippen molar-refractivity contribution in [3.05, 3.63) is 0 Å². The summed E-state index contributed by atoms with van der Waals surface area (Å²) in [6.07, 6.45) is 6.80. The first kappa shape index (κ1) is 15.9. The maximum Gasteiger partial charge on any atom is 0.191 e. The highest BCUT2D eigenvalue weighted by Gasteiger charge is 2.37. The van der Waals surface area contributed by atoms with Crippen LogP contribution < -0.4 is 0 Å². The molecule has 1 saturated carbocycles. The second-order valence-corrected chi connectivity index (χ2v) is 12.2. The van der Waals surface area contributed by atoms with Gasteiger partial charge in [-0.3, -0.25) is 0 Å². The lowest BCUT2D eigenvalue weighted by molar-refractivity contribution is -0.109. The first-order chi connectivity index (χ1) is 8.26. The Morgan fingerprint density at radius 3 is 2.39 bits per heavy atom. The van der Waals surface area contributed by atoms with E-state index in [1.54, 1.807) is 0 Å². The van der Waals surface area contributed by atoms with E-state index in [-0.39, 0.29) is 0 Å². The molecule has 1 aliphatic carbocycles. The molecule has 2 nitrogen and oxygen atoms in total. The summed E-state index contributed by atoms with van der Waals surface area (Å²) in [5, 5.41) is 0.296. The van der Waals surface area contributed by atoms with Crippen molar-refractivity contribution >= 4 is 14.6 Å². The minimum Gasteiger partial charge on any atom is -0.417 e. The fraction of sp³-hybridized carbons (Fsp3) is 0.933. The third kappa shape index (κ3) is 4.50. The Kier molecular flexibility index (Phi) is 5.59. The van der Waals surface area contributed by atoms with E-state index in [2.05, 4.69) is 33.9 Å². The third-order valence-electron chi connectivity index (χ3n) is 4.81. The van der Waals surface area contributed by atoms with Crippen molar-refractivity contribution in [2.75, 3.05) is 6.61 Å². The molecule has 1 fully saturated rings. The average Bonchev–Trinajstić information content (AvgIpc) is 2.26. The minimum atomic E-state index is -1.60. The second-order valence-electron chi connectivity index (χ2n) is 7.37. The molecule has 0 aromatic rings. The summed E-state index contributed by atoms with van der Waals surface area (Å²) >= 11 is 0. The normalized spacial score (nSPS) is 26.1. The van der Waals surface area contributed by atoms with Gasteiger partial charge in [0.25, 0.3) is 0 Å². The molecule has 0 amide bonds. The van der Waals surface area contributed by atoms with Crippen LogP contribution in [0, 0.1) is 11.8 Å². The van der Waals surface area contributed by atoms with E-state index in [4.69, 9.17) is 4.43 Å². The molecule has 0 saturated heterocycles. The van der Waals surface area contributed by atoms with Gasteiger partial charge >= 0.3 is 0 Å². The van der Waals surface area contributed by atoms with Crippen LogP contribution in [0.1, 0.15) is 52.9 Å². The zero-order valence-electron chi connectivity index (χ0n) is 12.8. The number of carbonyl (C=O) groups is 1. The van der Waals surface area contributed by atoms with Crippen LogP contribution in [-0.2, 0) is 9.22 Å². The van der Waals surface area contributed by atoms with E-state index in [9.17, 15) is 4.79 Å². The Bertz CT molecular complexity index is 268. The molecule has 0 aromatic heterocycles. The highest BCUT2D eigenvalue weighted by Crippen LogP contribution is 2.38. The highest BCUT2D eigenvalue weighted by molar-refractivity contribution is 6.74. The molecule has 106 valence electrons. The van der Waals surface area contributed by atoms with Crippen molar-refractivity contribution < 1.29 is 9.22 Å². The van der Waals surface area contributed by atoms with Gasteiger partial charge in [0.15, 0.2) is 8.32 Å². The van der Waals surface area contributed by atoms with Crippen LogP contribution in [0.3, 0.4) is 0 Å². The Hall–Kier alpha value is -0.153. The first-order valence-electron chi connectivity index (χ1n) is 7.34. The number of rotatable bonds is 5. The zero-order chi connectivity index (χ0) is 13.8. The molecule has 2 atom stereocenters. The topological polar surface area (TPSA) is 26.3 Å². The van der Waals surface area contributed by atoms with Gasteiger partial charge in [-0.2, -0.15) is 0 Å². The molecule has 3 heteroatoms. The molecule has 0 N–H and O–H groups in total. The van der Waals surface area contributed by atoms with Gasteiger partial charge in [-0.25, -0.2) is 0 Å². The zero-order valence-corrected chi connectivity index (χ0v) is 13.8. The van der Waals surface area contributed by atoms with Gasteiger partial charge in [0.2, 0.25) is 0 Å². The molecule has 18 heavy (non-hydrogen) atoms. The van der Waals surface area contributed by atoms with Gasteiger partial charge in [-0.05, 0) is 42.8 Å². The van der Waals surface area contributed by atoms with Crippen LogP contribution in [-0.4, -0.2) is 21.2 Å². The fourth-order valence-electron chi connectivity index (χ4n) is 2.45. The summed E-state index contributed by atoms with van der Waals surface area (Å²) in [6.45, 7) is 12.4. The maximum atomic E-state index is 10.6. The summed E-state index contributed by atoms with van der Waals surface area (Å²) in [6, 6.07) is 0. The summed E-state index contributed by atoms with van der Waals surface area (Å²) < 4.78 is 6.31. The second kappa shape index (κ2) is 6.33. The van der Waals surface area contributed by atoms with Crippen LogP contribution in [0.15, 0.2) is 0 Å². The lowest BCUT2D eigenvalue weighted by Crippen LogP contribution is -2.42. The Morgan fingerprint density at radius 2 is 1.83 bits per heavy atom. The average molecular weight is 270 g/mol. The third-order valence-corrected chi connectivity index (χ3v) is 9.31. The lowest BCUT2D eigenvalue weighted by atomic mass is 9.80. The van der Waals surface area contributed by atoms with E-state index in [0.29, 0.717) is 16.9 Å². The Balaban J connectivity index is 2.41. The van der Waals surface area contributed by atoms with Gasteiger partial charge < -0.3 is 9.22 Å². The van der Waals surface area contributed by atoms with Crippen LogP contribution >= 0.6 is 0 Å². The first-order valence-corrected chi connectivity index (χ1v) is 10.2. The smallest absolute Gasteiger partial charge is 0.191 e. The summed E-state index contributed by atoms with van der Waals surface area (Å²) in [7, 11) is -1.60. The van der Waals surface area contributed by atoms with Gasteiger partial charge in [0.1, 0.15) is 6.29 Å². The van der Waals surface area contributed by atoms with Gasteiger partial charge in [0.05, 0.1) is 0 Å². The number of hydrogen-bond acceptors (Lipinski definition) is 2. The molecule has 0 spiro atoms. The van der Waals surface area contributed by atoms with E-state index >= 15 is 0 Å². The number of carbonyl (C=O) groups excluding carboxylic acids is 1. The SMILES string of the molecule is CC(C)(C)[Si](C)(C)OCC1CCCC(CC=O)C1. The molecule has 0 radical (unpaired) electrons. The summed E-state index contributed by atoms with van der Waals surface area (Å²) in [5.41, 5.74) is 0.